The zero-order valence-electron chi connectivity index (χ0n) is 21.6. The lowest BCUT2D eigenvalue weighted by molar-refractivity contribution is 0.0667. The van der Waals surface area contributed by atoms with E-state index in [4.69, 9.17) is 9.47 Å². The Hall–Kier alpha value is -3.32. The summed E-state index contributed by atoms with van der Waals surface area (Å²) in [5.41, 5.74) is 2.75. The van der Waals surface area contributed by atoms with E-state index in [1.165, 1.54) is 6.07 Å². The third-order valence-corrected chi connectivity index (χ3v) is 6.83. The first-order valence-electron chi connectivity index (χ1n) is 12.8. The summed E-state index contributed by atoms with van der Waals surface area (Å²) < 4.78 is 26.5. The quantitative estimate of drug-likeness (QED) is 0.291. The van der Waals surface area contributed by atoms with E-state index >= 15 is 0 Å². The van der Waals surface area contributed by atoms with Crippen molar-refractivity contribution in [2.24, 2.45) is 0 Å². The van der Waals surface area contributed by atoms with E-state index in [9.17, 15) is 9.50 Å². The summed E-state index contributed by atoms with van der Waals surface area (Å²) >= 11 is 0. The number of aryl methyl sites for hydroxylation is 1. The monoisotopic (exact) mass is 536 g/mol. The topological polar surface area (TPSA) is 45.2 Å². The molecule has 1 atom stereocenters. The molecule has 1 N–H and O–H groups in total. The standard InChI is InChI=1S/C31H33FN2O3.ClH/c1-23-19-30(26-11-5-6-12-27(26)31(23)37-21-24-9-3-2-4-10-24)36-22-25(35)20-33-15-17-34(18-16-33)29-14-8-7-13-28(29)32;/h2-14,19,25,35H,15-18,20-22H2,1H3;1H. The highest BCUT2D eigenvalue weighted by atomic mass is 35.5. The van der Waals surface area contributed by atoms with E-state index in [1.807, 2.05) is 67.6 Å². The number of para-hydroxylation sites is 1. The van der Waals surface area contributed by atoms with Gasteiger partial charge in [-0.3, -0.25) is 4.90 Å². The van der Waals surface area contributed by atoms with Crippen molar-refractivity contribution in [1.29, 1.82) is 0 Å². The van der Waals surface area contributed by atoms with E-state index < -0.39 is 6.10 Å². The second-order valence-electron chi connectivity index (χ2n) is 9.54. The van der Waals surface area contributed by atoms with Crippen LogP contribution in [0.2, 0.25) is 0 Å². The molecule has 1 aliphatic rings. The van der Waals surface area contributed by atoms with Crippen LogP contribution >= 0.6 is 12.4 Å². The van der Waals surface area contributed by atoms with Crippen LogP contribution in [-0.2, 0) is 6.61 Å². The Morgan fingerprint density at radius 1 is 0.842 bits per heavy atom. The molecular formula is C31H34ClFN2O3. The van der Waals surface area contributed by atoms with Gasteiger partial charge in [-0.1, -0.05) is 66.7 Å². The predicted octanol–water partition coefficient (Wildman–Crippen LogP) is 5.85. The van der Waals surface area contributed by atoms with Crippen molar-refractivity contribution < 1.29 is 19.0 Å². The molecule has 0 aromatic heterocycles. The minimum atomic E-state index is -0.631. The molecule has 0 radical (unpaired) electrons. The minimum Gasteiger partial charge on any atom is -0.490 e. The summed E-state index contributed by atoms with van der Waals surface area (Å²) in [5, 5.41) is 12.7. The van der Waals surface area contributed by atoms with Crippen molar-refractivity contribution in [2.75, 3.05) is 44.2 Å². The fourth-order valence-electron chi connectivity index (χ4n) is 4.91. The molecule has 0 bridgehead atoms. The molecular weight excluding hydrogens is 503 g/mol. The van der Waals surface area contributed by atoms with Crippen LogP contribution in [0.3, 0.4) is 0 Å². The van der Waals surface area contributed by atoms with Crippen molar-refractivity contribution in [3.63, 3.8) is 0 Å². The smallest absolute Gasteiger partial charge is 0.146 e. The van der Waals surface area contributed by atoms with Crippen molar-refractivity contribution in [2.45, 2.75) is 19.6 Å². The zero-order valence-corrected chi connectivity index (χ0v) is 22.4. The summed E-state index contributed by atoms with van der Waals surface area (Å²) in [5.74, 6) is 1.40. The van der Waals surface area contributed by atoms with Crippen LogP contribution in [0.25, 0.3) is 10.8 Å². The van der Waals surface area contributed by atoms with Crippen molar-refractivity contribution in [3.8, 4) is 11.5 Å². The van der Waals surface area contributed by atoms with Crippen LogP contribution in [0.1, 0.15) is 11.1 Å². The number of aliphatic hydroxyl groups excluding tert-OH is 1. The Bertz CT molecular complexity index is 1330. The first kappa shape index (κ1) is 27.7. The Morgan fingerprint density at radius 3 is 2.24 bits per heavy atom. The number of aliphatic hydroxyl groups is 1. The van der Waals surface area contributed by atoms with Gasteiger partial charge < -0.3 is 19.5 Å². The fraction of sp³-hybridized carbons (Fsp3) is 0.290. The molecule has 4 aromatic carbocycles. The van der Waals surface area contributed by atoms with Crippen LogP contribution in [0.5, 0.6) is 11.5 Å². The van der Waals surface area contributed by atoms with Gasteiger partial charge >= 0.3 is 0 Å². The molecule has 0 spiro atoms. The highest BCUT2D eigenvalue weighted by Crippen LogP contribution is 2.37. The Balaban J connectivity index is 0.00000336. The molecule has 7 heteroatoms. The number of nitrogens with zero attached hydrogens (tertiary/aromatic N) is 2. The van der Waals surface area contributed by atoms with Gasteiger partial charge in [-0.2, -0.15) is 0 Å². The molecule has 200 valence electrons. The van der Waals surface area contributed by atoms with Crippen LogP contribution in [-0.4, -0.2) is 55.4 Å². The Labute approximate surface area is 229 Å². The largest absolute Gasteiger partial charge is 0.490 e. The molecule has 38 heavy (non-hydrogen) atoms. The average Bonchev–Trinajstić information content (AvgIpc) is 2.93. The number of β-amino-alcohol motifs (C(OH)–C–C–N with tert-alkyl or cyclic N) is 1. The summed E-state index contributed by atoms with van der Waals surface area (Å²) in [6.45, 7) is 6.20. The Kier molecular flexibility index (Phi) is 9.45. The fourth-order valence-corrected chi connectivity index (χ4v) is 4.91. The summed E-state index contributed by atoms with van der Waals surface area (Å²) in [4.78, 5) is 4.26. The maximum absolute atomic E-state index is 14.1. The van der Waals surface area contributed by atoms with E-state index in [0.717, 1.165) is 59.6 Å². The number of rotatable bonds is 9. The molecule has 0 saturated carbocycles. The van der Waals surface area contributed by atoms with Gasteiger partial charge in [-0.25, -0.2) is 4.39 Å². The normalized spacial score (nSPS) is 14.7. The van der Waals surface area contributed by atoms with Gasteiger partial charge in [-0.15, -0.1) is 12.4 Å². The average molecular weight is 537 g/mol. The predicted molar refractivity (Wildman–Crippen MR) is 153 cm³/mol. The summed E-state index contributed by atoms with van der Waals surface area (Å²) in [7, 11) is 0. The maximum Gasteiger partial charge on any atom is 0.146 e. The first-order chi connectivity index (χ1) is 18.1. The molecule has 5 rings (SSSR count). The van der Waals surface area contributed by atoms with Gasteiger partial charge in [0.2, 0.25) is 0 Å². The number of hydrogen-bond donors (Lipinski definition) is 1. The molecule has 1 fully saturated rings. The number of benzene rings is 4. The molecule has 5 nitrogen and oxygen atoms in total. The maximum atomic E-state index is 14.1. The van der Waals surface area contributed by atoms with Crippen LogP contribution in [0.4, 0.5) is 10.1 Å². The molecule has 1 saturated heterocycles. The van der Waals surface area contributed by atoms with Gasteiger partial charge in [-0.05, 0) is 36.2 Å². The number of piperazine rings is 1. The number of fused-ring (bicyclic) bond motifs is 1. The van der Waals surface area contributed by atoms with Crippen LogP contribution in [0, 0.1) is 12.7 Å². The third-order valence-electron chi connectivity index (χ3n) is 6.83. The van der Waals surface area contributed by atoms with Gasteiger partial charge in [0.05, 0.1) is 5.69 Å². The highest BCUT2D eigenvalue weighted by molar-refractivity contribution is 5.94. The van der Waals surface area contributed by atoms with E-state index in [1.54, 1.807) is 6.07 Å². The van der Waals surface area contributed by atoms with Gasteiger partial charge in [0.25, 0.3) is 0 Å². The molecule has 1 heterocycles. The minimum absolute atomic E-state index is 0. The second-order valence-corrected chi connectivity index (χ2v) is 9.54. The molecule has 0 amide bonds. The molecule has 4 aromatic rings. The lowest BCUT2D eigenvalue weighted by Gasteiger charge is -2.37. The zero-order chi connectivity index (χ0) is 25.6. The first-order valence-corrected chi connectivity index (χ1v) is 12.8. The van der Waals surface area contributed by atoms with Crippen LogP contribution in [0.15, 0.2) is 84.9 Å². The lowest BCUT2D eigenvalue weighted by atomic mass is 10.0. The van der Waals surface area contributed by atoms with E-state index in [-0.39, 0.29) is 24.8 Å². The number of anilines is 1. The second kappa shape index (κ2) is 13.0. The van der Waals surface area contributed by atoms with E-state index in [0.29, 0.717) is 18.8 Å². The molecule has 1 aliphatic heterocycles. The van der Waals surface area contributed by atoms with Crippen LogP contribution < -0.4 is 14.4 Å². The van der Waals surface area contributed by atoms with Crippen molar-refractivity contribution >= 4 is 28.9 Å². The molecule has 1 unspecified atom stereocenters. The number of ether oxygens (including phenoxy) is 2. The van der Waals surface area contributed by atoms with Gasteiger partial charge in [0.15, 0.2) is 0 Å². The van der Waals surface area contributed by atoms with Gasteiger partial charge in [0, 0.05) is 43.5 Å². The lowest BCUT2D eigenvalue weighted by Crippen LogP contribution is -2.49. The van der Waals surface area contributed by atoms with Crippen molar-refractivity contribution in [3.05, 3.63) is 102 Å². The number of halogens is 2. The number of hydrogen-bond acceptors (Lipinski definition) is 5. The van der Waals surface area contributed by atoms with E-state index in [2.05, 4.69) is 21.9 Å². The van der Waals surface area contributed by atoms with Crippen molar-refractivity contribution in [1.82, 2.24) is 4.90 Å². The third kappa shape index (κ3) is 6.57. The molecule has 0 aliphatic carbocycles. The van der Waals surface area contributed by atoms with Gasteiger partial charge in [0.1, 0.15) is 36.6 Å². The summed E-state index contributed by atoms with van der Waals surface area (Å²) in [6, 6.07) is 27.0. The SMILES string of the molecule is Cc1cc(OCC(O)CN2CCN(c3ccccc3F)CC2)c2ccccc2c1OCc1ccccc1.Cl. The Morgan fingerprint density at radius 2 is 1.50 bits per heavy atom. The summed E-state index contributed by atoms with van der Waals surface area (Å²) in [6.07, 6.45) is -0.631. The highest BCUT2D eigenvalue weighted by Gasteiger charge is 2.22.